The molecule has 1 fully saturated rings. The van der Waals surface area contributed by atoms with E-state index in [0.717, 1.165) is 42.7 Å². The highest BCUT2D eigenvalue weighted by Gasteiger charge is 2.21. The molecule has 5 heteroatoms. The van der Waals surface area contributed by atoms with Crippen LogP contribution >= 0.6 is 0 Å². The third kappa shape index (κ3) is 4.23. The summed E-state index contributed by atoms with van der Waals surface area (Å²) in [5.41, 5.74) is 3.31. The van der Waals surface area contributed by atoms with E-state index < -0.39 is 0 Å². The summed E-state index contributed by atoms with van der Waals surface area (Å²) in [6.45, 7) is 7.39. The van der Waals surface area contributed by atoms with Crippen molar-refractivity contribution in [3.05, 3.63) is 29.3 Å². The van der Waals surface area contributed by atoms with Gasteiger partial charge in [-0.25, -0.2) is 0 Å². The number of hydrogen-bond acceptors (Lipinski definition) is 3. The average molecular weight is 303 g/mol. The van der Waals surface area contributed by atoms with Crippen LogP contribution in [0.2, 0.25) is 0 Å². The van der Waals surface area contributed by atoms with Crippen LogP contribution in [0.15, 0.2) is 18.2 Å². The van der Waals surface area contributed by atoms with Crippen LogP contribution in [-0.4, -0.2) is 42.4 Å². The molecule has 1 aromatic carbocycles. The van der Waals surface area contributed by atoms with Gasteiger partial charge in [-0.15, -0.1) is 0 Å². The number of benzene rings is 1. The number of para-hydroxylation sites is 1. The van der Waals surface area contributed by atoms with Gasteiger partial charge in [-0.1, -0.05) is 18.2 Å². The lowest BCUT2D eigenvalue weighted by Gasteiger charge is -2.31. The standard InChI is InChI=1S/C17H25N3O2/c1-12-5-4-6-13(2)17(12)18-11-16(22)19-15-7-9-20(10-8-15)14(3)21/h4-6,15,18H,7-11H2,1-3H3,(H,19,22). The minimum Gasteiger partial charge on any atom is -0.376 e. The van der Waals surface area contributed by atoms with Gasteiger partial charge in [0, 0.05) is 31.7 Å². The number of anilines is 1. The normalized spacial score (nSPS) is 15.5. The average Bonchev–Trinajstić information content (AvgIpc) is 2.47. The van der Waals surface area contributed by atoms with Crippen LogP contribution in [0.1, 0.15) is 30.9 Å². The summed E-state index contributed by atoms with van der Waals surface area (Å²) in [7, 11) is 0. The van der Waals surface area contributed by atoms with E-state index >= 15 is 0 Å². The second kappa shape index (κ2) is 7.29. The first-order valence-corrected chi connectivity index (χ1v) is 7.82. The number of hydrogen-bond donors (Lipinski definition) is 2. The molecule has 22 heavy (non-hydrogen) atoms. The largest absolute Gasteiger partial charge is 0.376 e. The van der Waals surface area contributed by atoms with E-state index in [0.29, 0.717) is 0 Å². The number of piperidine rings is 1. The quantitative estimate of drug-likeness (QED) is 0.892. The number of amides is 2. The van der Waals surface area contributed by atoms with Crippen molar-refractivity contribution in [2.75, 3.05) is 25.0 Å². The molecule has 2 rings (SSSR count). The molecule has 0 aliphatic carbocycles. The van der Waals surface area contributed by atoms with Gasteiger partial charge in [-0.2, -0.15) is 0 Å². The predicted octanol–water partition coefficient (Wildman–Crippen LogP) is 1.84. The molecular formula is C17H25N3O2. The Hall–Kier alpha value is -2.04. The molecule has 1 aromatic rings. The second-order valence-electron chi connectivity index (χ2n) is 5.97. The van der Waals surface area contributed by atoms with Gasteiger partial charge < -0.3 is 15.5 Å². The predicted molar refractivity (Wildman–Crippen MR) is 87.8 cm³/mol. The van der Waals surface area contributed by atoms with Crippen molar-refractivity contribution in [1.82, 2.24) is 10.2 Å². The zero-order valence-electron chi connectivity index (χ0n) is 13.6. The van der Waals surface area contributed by atoms with Gasteiger partial charge in [-0.3, -0.25) is 9.59 Å². The Kier molecular flexibility index (Phi) is 5.41. The van der Waals surface area contributed by atoms with Crippen LogP contribution in [-0.2, 0) is 9.59 Å². The van der Waals surface area contributed by atoms with Crippen LogP contribution in [0.5, 0.6) is 0 Å². The van der Waals surface area contributed by atoms with Crippen LogP contribution < -0.4 is 10.6 Å². The molecule has 0 bridgehead atoms. The molecule has 1 aliphatic rings. The van der Waals surface area contributed by atoms with E-state index in [1.165, 1.54) is 0 Å². The van der Waals surface area contributed by atoms with E-state index in [9.17, 15) is 9.59 Å². The molecule has 5 nitrogen and oxygen atoms in total. The lowest BCUT2D eigenvalue weighted by Crippen LogP contribution is -2.47. The van der Waals surface area contributed by atoms with E-state index in [-0.39, 0.29) is 24.4 Å². The van der Waals surface area contributed by atoms with Gasteiger partial charge in [0.15, 0.2) is 0 Å². The Labute approximate surface area is 132 Å². The molecule has 1 saturated heterocycles. The number of carbonyl (C=O) groups is 2. The molecule has 0 atom stereocenters. The first-order chi connectivity index (χ1) is 10.5. The maximum atomic E-state index is 12.1. The lowest BCUT2D eigenvalue weighted by molar-refractivity contribution is -0.130. The van der Waals surface area contributed by atoms with Crippen LogP contribution in [0.3, 0.4) is 0 Å². The third-order valence-electron chi connectivity index (χ3n) is 4.21. The van der Waals surface area contributed by atoms with Crippen molar-refractivity contribution < 1.29 is 9.59 Å². The highest BCUT2D eigenvalue weighted by atomic mass is 16.2. The maximum Gasteiger partial charge on any atom is 0.239 e. The van der Waals surface area contributed by atoms with Crippen molar-refractivity contribution in [2.45, 2.75) is 39.7 Å². The van der Waals surface area contributed by atoms with Gasteiger partial charge in [0.05, 0.1) is 6.54 Å². The number of likely N-dealkylation sites (tertiary alicyclic amines) is 1. The monoisotopic (exact) mass is 303 g/mol. The maximum absolute atomic E-state index is 12.1. The Morgan fingerprint density at radius 1 is 1.18 bits per heavy atom. The number of rotatable bonds is 4. The van der Waals surface area contributed by atoms with E-state index in [1.54, 1.807) is 6.92 Å². The van der Waals surface area contributed by atoms with Gasteiger partial charge in [0.1, 0.15) is 0 Å². The van der Waals surface area contributed by atoms with Crippen LogP contribution in [0.4, 0.5) is 5.69 Å². The Morgan fingerprint density at radius 3 is 2.32 bits per heavy atom. The zero-order chi connectivity index (χ0) is 16.1. The SMILES string of the molecule is CC(=O)N1CCC(NC(=O)CNc2c(C)cccc2C)CC1. The van der Waals surface area contributed by atoms with Gasteiger partial charge in [-0.05, 0) is 37.8 Å². The summed E-state index contributed by atoms with van der Waals surface area (Å²) in [4.78, 5) is 25.2. The molecular weight excluding hydrogens is 278 g/mol. The fourth-order valence-corrected chi connectivity index (χ4v) is 2.88. The minimum absolute atomic E-state index is 0.00364. The molecule has 1 heterocycles. The summed E-state index contributed by atoms with van der Waals surface area (Å²) >= 11 is 0. The second-order valence-corrected chi connectivity index (χ2v) is 5.97. The van der Waals surface area contributed by atoms with E-state index in [1.807, 2.05) is 36.9 Å². The third-order valence-corrected chi connectivity index (χ3v) is 4.21. The number of nitrogens with zero attached hydrogens (tertiary/aromatic N) is 1. The molecule has 1 aliphatic heterocycles. The van der Waals surface area contributed by atoms with Crippen molar-refractivity contribution in [3.8, 4) is 0 Å². The Balaban J connectivity index is 1.78. The van der Waals surface area contributed by atoms with E-state index in [4.69, 9.17) is 0 Å². The summed E-state index contributed by atoms with van der Waals surface area (Å²) in [6.07, 6.45) is 1.66. The topological polar surface area (TPSA) is 61.4 Å². The zero-order valence-corrected chi connectivity index (χ0v) is 13.6. The van der Waals surface area contributed by atoms with Crippen molar-refractivity contribution >= 4 is 17.5 Å². The van der Waals surface area contributed by atoms with Crippen molar-refractivity contribution in [1.29, 1.82) is 0 Å². The number of carbonyl (C=O) groups excluding carboxylic acids is 2. The minimum atomic E-state index is 0.00364. The van der Waals surface area contributed by atoms with Gasteiger partial charge >= 0.3 is 0 Å². The number of nitrogens with one attached hydrogen (secondary N) is 2. The highest BCUT2D eigenvalue weighted by molar-refractivity contribution is 5.81. The molecule has 0 spiro atoms. The highest BCUT2D eigenvalue weighted by Crippen LogP contribution is 2.19. The smallest absolute Gasteiger partial charge is 0.239 e. The van der Waals surface area contributed by atoms with Gasteiger partial charge in [0.25, 0.3) is 0 Å². The number of aryl methyl sites for hydroxylation is 2. The molecule has 0 radical (unpaired) electrons. The molecule has 120 valence electrons. The summed E-state index contributed by atoms with van der Waals surface area (Å²) in [5.74, 6) is 0.116. The van der Waals surface area contributed by atoms with Crippen molar-refractivity contribution in [3.63, 3.8) is 0 Å². The fraction of sp³-hybridized carbons (Fsp3) is 0.529. The molecule has 2 N–H and O–H groups in total. The fourth-order valence-electron chi connectivity index (χ4n) is 2.88. The van der Waals surface area contributed by atoms with Crippen LogP contribution in [0, 0.1) is 13.8 Å². The van der Waals surface area contributed by atoms with Gasteiger partial charge in [0.2, 0.25) is 11.8 Å². The molecule has 2 amide bonds. The summed E-state index contributed by atoms with van der Waals surface area (Å²) in [6, 6.07) is 6.25. The summed E-state index contributed by atoms with van der Waals surface area (Å²) < 4.78 is 0. The Bertz CT molecular complexity index is 529. The molecule has 0 saturated carbocycles. The molecule has 0 unspecified atom stereocenters. The summed E-state index contributed by atoms with van der Waals surface area (Å²) in [5, 5.41) is 6.27. The van der Waals surface area contributed by atoms with Crippen LogP contribution in [0.25, 0.3) is 0 Å². The Morgan fingerprint density at radius 2 is 1.77 bits per heavy atom. The lowest BCUT2D eigenvalue weighted by atomic mass is 10.0. The van der Waals surface area contributed by atoms with Crippen molar-refractivity contribution in [2.24, 2.45) is 0 Å². The van der Waals surface area contributed by atoms with E-state index in [2.05, 4.69) is 10.6 Å². The molecule has 0 aromatic heterocycles. The first-order valence-electron chi connectivity index (χ1n) is 7.82. The first kappa shape index (κ1) is 16.3.